The first kappa shape index (κ1) is 12.8. The summed E-state index contributed by atoms with van der Waals surface area (Å²) in [5, 5.41) is 6.15. The minimum Gasteiger partial charge on any atom is -0.378 e. The molecule has 2 N–H and O–H groups in total. The molecule has 2 aliphatic heterocycles. The van der Waals surface area contributed by atoms with Crippen molar-refractivity contribution in [3.8, 4) is 0 Å². The Hall–Kier alpha value is -0.650. The third kappa shape index (κ3) is 3.40. The molecule has 2 heterocycles. The minimum absolute atomic E-state index is 0.0476. The van der Waals surface area contributed by atoms with Gasteiger partial charge in [0.25, 0.3) is 0 Å². The number of amides is 1. The summed E-state index contributed by atoms with van der Waals surface area (Å²) in [6.07, 6.45) is 2.38. The highest BCUT2D eigenvalue weighted by Crippen LogP contribution is 2.22. The van der Waals surface area contributed by atoms with Gasteiger partial charge in [-0.1, -0.05) is 6.92 Å². The van der Waals surface area contributed by atoms with Gasteiger partial charge in [-0.3, -0.25) is 4.79 Å². The van der Waals surface area contributed by atoms with E-state index in [1.807, 2.05) is 0 Å². The largest absolute Gasteiger partial charge is 0.378 e. The Morgan fingerprint density at radius 2 is 2.35 bits per heavy atom. The van der Waals surface area contributed by atoms with Crippen molar-refractivity contribution in [1.29, 1.82) is 0 Å². The summed E-state index contributed by atoms with van der Waals surface area (Å²) in [5.74, 6) is 0.514. The predicted molar refractivity (Wildman–Crippen MR) is 63.8 cm³/mol. The van der Waals surface area contributed by atoms with Crippen LogP contribution in [0.3, 0.4) is 0 Å². The smallest absolute Gasteiger partial charge is 0.239 e. The molecule has 2 aliphatic rings. The molecule has 0 aromatic heterocycles. The van der Waals surface area contributed by atoms with Crippen molar-refractivity contribution in [3.63, 3.8) is 0 Å². The molecule has 2 saturated heterocycles. The SMILES string of the molecule is CCC1OCCC1CNC(=O)C1COCCN1. The van der Waals surface area contributed by atoms with E-state index < -0.39 is 0 Å². The molecule has 17 heavy (non-hydrogen) atoms. The summed E-state index contributed by atoms with van der Waals surface area (Å²) in [5.41, 5.74) is 0. The van der Waals surface area contributed by atoms with E-state index in [0.29, 0.717) is 25.2 Å². The van der Waals surface area contributed by atoms with Crippen LogP contribution in [0.4, 0.5) is 0 Å². The van der Waals surface area contributed by atoms with Crippen molar-refractivity contribution in [3.05, 3.63) is 0 Å². The summed E-state index contributed by atoms with van der Waals surface area (Å²) >= 11 is 0. The van der Waals surface area contributed by atoms with Crippen LogP contribution in [0.15, 0.2) is 0 Å². The van der Waals surface area contributed by atoms with Crippen molar-refractivity contribution in [2.75, 3.05) is 32.9 Å². The number of carbonyl (C=O) groups is 1. The zero-order valence-electron chi connectivity index (χ0n) is 10.4. The molecule has 0 spiro atoms. The molecule has 1 amide bonds. The number of hydrogen-bond donors (Lipinski definition) is 2. The highest BCUT2D eigenvalue weighted by molar-refractivity contribution is 5.81. The van der Waals surface area contributed by atoms with E-state index in [9.17, 15) is 4.79 Å². The average Bonchev–Trinajstić information content (AvgIpc) is 2.84. The fourth-order valence-corrected chi connectivity index (χ4v) is 2.47. The van der Waals surface area contributed by atoms with Gasteiger partial charge >= 0.3 is 0 Å². The van der Waals surface area contributed by atoms with E-state index in [0.717, 1.165) is 32.5 Å². The van der Waals surface area contributed by atoms with Gasteiger partial charge in [0.1, 0.15) is 6.04 Å². The van der Waals surface area contributed by atoms with Gasteiger partial charge in [-0.15, -0.1) is 0 Å². The molecule has 3 atom stereocenters. The lowest BCUT2D eigenvalue weighted by atomic mass is 9.99. The second-order valence-electron chi connectivity index (χ2n) is 4.69. The maximum Gasteiger partial charge on any atom is 0.239 e. The number of hydrogen-bond acceptors (Lipinski definition) is 4. The number of morpholine rings is 1. The molecule has 0 aliphatic carbocycles. The second-order valence-corrected chi connectivity index (χ2v) is 4.69. The van der Waals surface area contributed by atoms with Crippen molar-refractivity contribution in [2.24, 2.45) is 5.92 Å². The maximum atomic E-state index is 11.9. The van der Waals surface area contributed by atoms with E-state index in [4.69, 9.17) is 9.47 Å². The van der Waals surface area contributed by atoms with Crippen molar-refractivity contribution in [1.82, 2.24) is 10.6 Å². The van der Waals surface area contributed by atoms with E-state index in [1.165, 1.54) is 0 Å². The zero-order valence-corrected chi connectivity index (χ0v) is 10.4. The van der Waals surface area contributed by atoms with E-state index in [2.05, 4.69) is 17.6 Å². The molecule has 5 nitrogen and oxygen atoms in total. The quantitative estimate of drug-likeness (QED) is 0.723. The number of rotatable bonds is 4. The standard InChI is InChI=1S/C12H22N2O3/c1-2-11-9(3-5-17-11)7-14-12(15)10-8-16-6-4-13-10/h9-11,13H,2-8H2,1H3,(H,14,15). The molecule has 98 valence electrons. The summed E-state index contributed by atoms with van der Waals surface area (Å²) in [6.45, 7) is 5.59. The lowest BCUT2D eigenvalue weighted by Crippen LogP contribution is -2.52. The highest BCUT2D eigenvalue weighted by atomic mass is 16.5. The van der Waals surface area contributed by atoms with Crippen molar-refractivity contribution >= 4 is 5.91 Å². The van der Waals surface area contributed by atoms with Crippen LogP contribution in [0, 0.1) is 5.92 Å². The Morgan fingerprint density at radius 3 is 3.06 bits per heavy atom. The molecule has 0 aromatic rings. The normalized spacial score (nSPS) is 33.6. The third-order valence-corrected chi connectivity index (χ3v) is 3.53. The lowest BCUT2D eigenvalue weighted by Gasteiger charge is -2.24. The number of nitrogens with one attached hydrogen (secondary N) is 2. The first-order chi connectivity index (χ1) is 8.31. The van der Waals surface area contributed by atoms with Gasteiger partial charge in [0.05, 0.1) is 19.3 Å². The van der Waals surface area contributed by atoms with Crippen LogP contribution in [-0.2, 0) is 14.3 Å². The first-order valence-corrected chi connectivity index (χ1v) is 6.51. The van der Waals surface area contributed by atoms with Crippen LogP contribution >= 0.6 is 0 Å². The lowest BCUT2D eigenvalue weighted by molar-refractivity contribution is -0.126. The van der Waals surface area contributed by atoms with E-state index >= 15 is 0 Å². The van der Waals surface area contributed by atoms with Gasteiger partial charge in [0.2, 0.25) is 5.91 Å². The van der Waals surface area contributed by atoms with Gasteiger partial charge in [0, 0.05) is 25.6 Å². The Bertz CT molecular complexity index is 254. The summed E-state index contributed by atoms with van der Waals surface area (Å²) in [4.78, 5) is 11.9. The zero-order chi connectivity index (χ0) is 12.1. The Kier molecular flexibility index (Phi) is 4.76. The van der Waals surface area contributed by atoms with E-state index in [1.54, 1.807) is 0 Å². The van der Waals surface area contributed by atoms with Gasteiger partial charge in [-0.05, 0) is 12.8 Å². The second kappa shape index (κ2) is 6.33. The van der Waals surface area contributed by atoms with Crippen molar-refractivity contribution < 1.29 is 14.3 Å². The molecule has 0 saturated carbocycles. The first-order valence-electron chi connectivity index (χ1n) is 6.51. The van der Waals surface area contributed by atoms with Crippen LogP contribution < -0.4 is 10.6 Å². The van der Waals surface area contributed by atoms with Crippen LogP contribution in [-0.4, -0.2) is 51.0 Å². The fourth-order valence-electron chi connectivity index (χ4n) is 2.47. The van der Waals surface area contributed by atoms with Crippen LogP contribution in [0.1, 0.15) is 19.8 Å². The number of ether oxygens (including phenoxy) is 2. The van der Waals surface area contributed by atoms with Gasteiger partial charge < -0.3 is 20.1 Å². The topological polar surface area (TPSA) is 59.6 Å². The van der Waals surface area contributed by atoms with Crippen LogP contribution in [0.25, 0.3) is 0 Å². The molecule has 2 fully saturated rings. The molecular formula is C12H22N2O3. The minimum atomic E-state index is -0.189. The molecule has 3 unspecified atom stereocenters. The van der Waals surface area contributed by atoms with Gasteiger partial charge in [-0.25, -0.2) is 0 Å². The Labute approximate surface area is 102 Å². The molecular weight excluding hydrogens is 220 g/mol. The van der Waals surface area contributed by atoms with Crippen LogP contribution in [0.2, 0.25) is 0 Å². The van der Waals surface area contributed by atoms with Crippen molar-refractivity contribution in [2.45, 2.75) is 31.9 Å². The molecule has 5 heteroatoms. The molecule has 0 aromatic carbocycles. The van der Waals surface area contributed by atoms with Crippen LogP contribution in [0.5, 0.6) is 0 Å². The Morgan fingerprint density at radius 1 is 1.47 bits per heavy atom. The number of carbonyl (C=O) groups excluding carboxylic acids is 1. The Balaban J connectivity index is 1.71. The van der Waals surface area contributed by atoms with E-state index in [-0.39, 0.29) is 11.9 Å². The summed E-state index contributed by atoms with van der Waals surface area (Å²) in [7, 11) is 0. The average molecular weight is 242 g/mol. The fraction of sp³-hybridized carbons (Fsp3) is 0.917. The summed E-state index contributed by atoms with van der Waals surface area (Å²) in [6, 6.07) is -0.189. The highest BCUT2D eigenvalue weighted by Gasteiger charge is 2.28. The monoisotopic (exact) mass is 242 g/mol. The van der Waals surface area contributed by atoms with Gasteiger partial charge in [0.15, 0.2) is 0 Å². The predicted octanol–water partition coefficient (Wildman–Crippen LogP) is -0.0939. The summed E-state index contributed by atoms with van der Waals surface area (Å²) < 4.78 is 10.9. The maximum absolute atomic E-state index is 11.9. The third-order valence-electron chi connectivity index (χ3n) is 3.53. The van der Waals surface area contributed by atoms with Gasteiger partial charge in [-0.2, -0.15) is 0 Å². The molecule has 2 rings (SSSR count). The molecule has 0 radical (unpaired) electrons. The molecule has 0 bridgehead atoms.